The Kier molecular flexibility index (Phi) is 5.60. The molecule has 0 radical (unpaired) electrons. The largest absolute Gasteiger partial charge is 0.465 e. The molecule has 0 heterocycles. The van der Waals surface area contributed by atoms with E-state index < -0.39 is 24.7 Å². The lowest BCUT2D eigenvalue weighted by Crippen LogP contribution is -2.19. The maximum Gasteiger partial charge on any atom is 0.313 e. The molecule has 0 spiro atoms. The maximum absolute atomic E-state index is 12.4. The van der Waals surface area contributed by atoms with Crippen LogP contribution >= 0.6 is 0 Å². The first-order valence-electron chi connectivity index (χ1n) is 5.64. The van der Waals surface area contributed by atoms with Crippen molar-refractivity contribution in [2.45, 2.75) is 32.1 Å². The van der Waals surface area contributed by atoms with Crippen LogP contribution < -0.4 is 0 Å². The van der Waals surface area contributed by atoms with Crippen LogP contribution in [-0.2, 0) is 9.53 Å². The number of hydrogen-bond acceptors (Lipinski definition) is 2. The average Bonchev–Trinajstić information content (AvgIpc) is 2.34. The molecule has 94 valence electrons. The van der Waals surface area contributed by atoms with E-state index in [4.69, 9.17) is 4.74 Å². The minimum Gasteiger partial charge on any atom is -0.465 e. The molecular formula is C13H16F2O2. The number of ether oxygens (including phenoxy) is 1. The van der Waals surface area contributed by atoms with E-state index in [2.05, 4.69) is 0 Å². The van der Waals surface area contributed by atoms with Gasteiger partial charge >= 0.3 is 5.97 Å². The Morgan fingerprint density at radius 2 is 1.94 bits per heavy atom. The number of carbonyl (C=O) groups excluding carboxylic acids is 1. The number of carbonyl (C=O) groups is 1. The molecule has 4 heteroatoms. The molecule has 0 fully saturated rings. The molecule has 1 rings (SSSR count). The van der Waals surface area contributed by atoms with Crippen LogP contribution in [0.1, 0.15) is 31.2 Å². The van der Waals surface area contributed by atoms with E-state index in [9.17, 15) is 13.6 Å². The third kappa shape index (κ3) is 4.51. The fourth-order valence-corrected chi connectivity index (χ4v) is 1.54. The lowest BCUT2D eigenvalue weighted by molar-refractivity contribution is -0.146. The van der Waals surface area contributed by atoms with Crippen molar-refractivity contribution < 1.29 is 18.3 Å². The number of hydrogen-bond donors (Lipinski definition) is 0. The first-order chi connectivity index (χ1) is 8.15. The van der Waals surface area contributed by atoms with Crippen molar-refractivity contribution >= 4 is 5.97 Å². The minimum atomic E-state index is -2.52. The molecule has 0 amide bonds. The van der Waals surface area contributed by atoms with Gasteiger partial charge in [0.05, 0.1) is 12.5 Å². The predicted octanol–water partition coefficient (Wildman–Crippen LogP) is 3.38. The smallest absolute Gasteiger partial charge is 0.313 e. The zero-order chi connectivity index (χ0) is 12.7. The highest BCUT2D eigenvalue weighted by molar-refractivity contribution is 5.78. The topological polar surface area (TPSA) is 26.3 Å². The molecular weight excluding hydrogens is 226 g/mol. The second kappa shape index (κ2) is 6.99. The molecule has 1 atom stereocenters. The molecule has 0 saturated heterocycles. The molecule has 0 aliphatic rings. The summed E-state index contributed by atoms with van der Waals surface area (Å²) in [6.45, 7) is 2.13. The van der Waals surface area contributed by atoms with Gasteiger partial charge < -0.3 is 4.74 Å². The Bertz CT molecular complexity index is 339. The van der Waals surface area contributed by atoms with Crippen molar-refractivity contribution in [3.05, 3.63) is 35.9 Å². The highest BCUT2D eigenvalue weighted by atomic mass is 19.3. The molecule has 0 N–H and O–H groups in total. The van der Waals surface area contributed by atoms with Gasteiger partial charge in [-0.2, -0.15) is 0 Å². The highest BCUT2D eigenvalue weighted by Gasteiger charge is 2.25. The van der Waals surface area contributed by atoms with Crippen molar-refractivity contribution in [2.24, 2.45) is 0 Å². The van der Waals surface area contributed by atoms with Crippen LogP contribution in [0.25, 0.3) is 0 Å². The van der Waals surface area contributed by atoms with Gasteiger partial charge in [-0.05, 0) is 12.0 Å². The van der Waals surface area contributed by atoms with E-state index in [0.717, 1.165) is 0 Å². The highest BCUT2D eigenvalue weighted by Crippen LogP contribution is 2.24. The first kappa shape index (κ1) is 13.6. The summed E-state index contributed by atoms with van der Waals surface area (Å²) in [6, 6.07) is 8.56. The zero-order valence-electron chi connectivity index (χ0n) is 9.74. The SMILES string of the molecule is CCCOC(=O)C(CC(F)F)c1ccccc1. The molecule has 0 aliphatic carbocycles. The van der Waals surface area contributed by atoms with Crippen LogP contribution in [0.3, 0.4) is 0 Å². The van der Waals surface area contributed by atoms with Gasteiger partial charge in [0.15, 0.2) is 0 Å². The normalized spacial score (nSPS) is 12.5. The van der Waals surface area contributed by atoms with Crippen LogP contribution in [0.5, 0.6) is 0 Å². The summed E-state index contributed by atoms with van der Waals surface area (Å²) >= 11 is 0. The number of rotatable bonds is 6. The van der Waals surface area contributed by atoms with Crippen LogP contribution in [0.4, 0.5) is 8.78 Å². The van der Waals surface area contributed by atoms with Gasteiger partial charge in [-0.15, -0.1) is 0 Å². The standard InChI is InChI=1S/C13H16F2O2/c1-2-8-17-13(16)11(9-12(14)15)10-6-4-3-5-7-10/h3-7,11-12H,2,8-9H2,1H3. The van der Waals surface area contributed by atoms with Crippen molar-refractivity contribution in [1.82, 2.24) is 0 Å². The summed E-state index contributed by atoms with van der Waals surface area (Å²) in [4.78, 5) is 11.7. The quantitative estimate of drug-likeness (QED) is 0.715. The first-order valence-corrected chi connectivity index (χ1v) is 5.64. The fraction of sp³-hybridized carbons (Fsp3) is 0.462. The van der Waals surface area contributed by atoms with Crippen LogP contribution in [0.15, 0.2) is 30.3 Å². The maximum atomic E-state index is 12.4. The van der Waals surface area contributed by atoms with Gasteiger partial charge in [0.1, 0.15) is 0 Å². The van der Waals surface area contributed by atoms with E-state index in [1.165, 1.54) is 0 Å². The van der Waals surface area contributed by atoms with Gasteiger partial charge in [-0.25, -0.2) is 8.78 Å². The summed E-state index contributed by atoms with van der Waals surface area (Å²) in [5.74, 6) is -1.44. The van der Waals surface area contributed by atoms with Crippen LogP contribution in [-0.4, -0.2) is 19.0 Å². The molecule has 0 aromatic heterocycles. The second-order valence-electron chi connectivity index (χ2n) is 3.76. The number of alkyl halides is 2. The lowest BCUT2D eigenvalue weighted by Gasteiger charge is -2.15. The third-order valence-electron chi connectivity index (χ3n) is 2.35. The lowest BCUT2D eigenvalue weighted by atomic mass is 9.96. The summed E-state index contributed by atoms with van der Waals surface area (Å²) < 4.78 is 29.8. The predicted molar refractivity (Wildman–Crippen MR) is 61.1 cm³/mol. The Morgan fingerprint density at radius 3 is 2.47 bits per heavy atom. The molecule has 0 bridgehead atoms. The molecule has 0 saturated carbocycles. The van der Waals surface area contributed by atoms with E-state index >= 15 is 0 Å². The number of halogens is 2. The Hall–Kier alpha value is -1.45. The van der Waals surface area contributed by atoms with E-state index in [-0.39, 0.29) is 6.61 Å². The van der Waals surface area contributed by atoms with Gasteiger partial charge in [0.2, 0.25) is 6.43 Å². The van der Waals surface area contributed by atoms with E-state index in [0.29, 0.717) is 12.0 Å². The molecule has 17 heavy (non-hydrogen) atoms. The Morgan fingerprint density at radius 1 is 1.29 bits per heavy atom. The minimum absolute atomic E-state index is 0.269. The fourth-order valence-electron chi connectivity index (χ4n) is 1.54. The molecule has 1 aromatic rings. The summed E-state index contributed by atoms with van der Waals surface area (Å²) in [6.07, 6.45) is -2.33. The Balaban J connectivity index is 2.77. The van der Waals surface area contributed by atoms with Gasteiger partial charge in [0, 0.05) is 6.42 Å². The van der Waals surface area contributed by atoms with Crippen molar-refractivity contribution in [2.75, 3.05) is 6.61 Å². The summed E-state index contributed by atoms with van der Waals surface area (Å²) in [5, 5.41) is 0. The molecule has 1 aromatic carbocycles. The van der Waals surface area contributed by atoms with E-state index in [1.54, 1.807) is 30.3 Å². The molecule has 1 unspecified atom stereocenters. The van der Waals surface area contributed by atoms with E-state index in [1.807, 2.05) is 6.92 Å². The summed E-state index contributed by atoms with van der Waals surface area (Å²) in [5.41, 5.74) is 0.578. The van der Waals surface area contributed by atoms with Crippen molar-refractivity contribution in [3.8, 4) is 0 Å². The average molecular weight is 242 g/mol. The second-order valence-corrected chi connectivity index (χ2v) is 3.76. The van der Waals surface area contributed by atoms with Crippen molar-refractivity contribution in [3.63, 3.8) is 0 Å². The zero-order valence-corrected chi connectivity index (χ0v) is 9.74. The number of benzene rings is 1. The Labute approximate surface area is 99.6 Å². The van der Waals surface area contributed by atoms with Crippen LogP contribution in [0.2, 0.25) is 0 Å². The van der Waals surface area contributed by atoms with Gasteiger partial charge in [0.25, 0.3) is 0 Å². The van der Waals surface area contributed by atoms with Gasteiger partial charge in [-0.1, -0.05) is 37.3 Å². The summed E-state index contributed by atoms with van der Waals surface area (Å²) in [7, 11) is 0. The number of esters is 1. The van der Waals surface area contributed by atoms with Crippen LogP contribution in [0, 0.1) is 0 Å². The third-order valence-corrected chi connectivity index (χ3v) is 2.35. The molecule has 2 nitrogen and oxygen atoms in total. The van der Waals surface area contributed by atoms with Gasteiger partial charge in [-0.3, -0.25) is 4.79 Å². The van der Waals surface area contributed by atoms with Crippen molar-refractivity contribution in [1.29, 1.82) is 0 Å². The monoisotopic (exact) mass is 242 g/mol. The molecule has 0 aliphatic heterocycles.